The first-order valence-corrected chi connectivity index (χ1v) is 8.69. The average molecular weight is 398 g/mol. The Hall–Kier alpha value is -3.81. The maximum absolute atomic E-state index is 12.6. The van der Waals surface area contributed by atoms with Gasteiger partial charge in [0.25, 0.3) is 11.8 Å². The number of nitrogens with one attached hydrogen (secondary N) is 2. The second kappa shape index (κ2) is 9.93. The first kappa shape index (κ1) is 21.5. The Balaban J connectivity index is 2.29. The number of carboxylic acid groups (broad SMARTS) is 1. The molecule has 8 nitrogen and oxygen atoms in total. The minimum atomic E-state index is -1.19. The zero-order valence-electron chi connectivity index (χ0n) is 16.3. The Bertz CT molecular complexity index is 904. The summed E-state index contributed by atoms with van der Waals surface area (Å²) in [6.45, 7) is 1.33. The van der Waals surface area contributed by atoms with E-state index in [1.165, 1.54) is 27.2 Å². The zero-order chi connectivity index (χ0) is 21.4. The van der Waals surface area contributed by atoms with Crippen LogP contribution in [0.5, 0.6) is 11.5 Å². The van der Waals surface area contributed by atoms with Crippen molar-refractivity contribution in [3.05, 3.63) is 65.4 Å². The van der Waals surface area contributed by atoms with Crippen molar-refractivity contribution in [2.45, 2.75) is 13.0 Å². The van der Waals surface area contributed by atoms with E-state index >= 15 is 0 Å². The SMILES string of the molecule is COc1ccc(/C=C(\NC(=O)c2ccc(OC)cc2)C(=O)N[C@@H](C)C(=O)O)cc1. The van der Waals surface area contributed by atoms with Gasteiger partial charge in [-0.3, -0.25) is 14.4 Å². The van der Waals surface area contributed by atoms with E-state index in [1.54, 1.807) is 48.5 Å². The van der Waals surface area contributed by atoms with Crippen LogP contribution in [-0.4, -0.2) is 43.2 Å². The first-order valence-electron chi connectivity index (χ1n) is 8.69. The molecule has 0 aliphatic heterocycles. The standard InChI is InChI=1S/C21H22N2O6/c1-13(21(26)27)22-20(25)18(12-14-4-8-16(28-2)9-5-14)23-19(24)15-6-10-17(29-3)11-7-15/h4-13H,1-3H3,(H,22,25)(H,23,24)(H,26,27)/b18-12-/t13-/m0/s1. The summed E-state index contributed by atoms with van der Waals surface area (Å²) in [6.07, 6.45) is 1.45. The van der Waals surface area contributed by atoms with E-state index in [0.717, 1.165) is 0 Å². The highest BCUT2D eigenvalue weighted by Crippen LogP contribution is 2.15. The molecule has 0 unspecified atom stereocenters. The number of methoxy groups -OCH3 is 2. The number of hydrogen-bond acceptors (Lipinski definition) is 5. The molecule has 3 N–H and O–H groups in total. The van der Waals surface area contributed by atoms with Crippen molar-refractivity contribution in [1.82, 2.24) is 10.6 Å². The van der Waals surface area contributed by atoms with Crippen molar-refractivity contribution in [2.24, 2.45) is 0 Å². The van der Waals surface area contributed by atoms with Gasteiger partial charge in [0.2, 0.25) is 0 Å². The lowest BCUT2D eigenvalue weighted by molar-refractivity contribution is -0.140. The molecule has 0 aromatic heterocycles. The first-order chi connectivity index (χ1) is 13.8. The summed E-state index contributed by atoms with van der Waals surface area (Å²) in [5.41, 5.74) is 0.837. The van der Waals surface area contributed by atoms with Crippen LogP contribution in [0.4, 0.5) is 0 Å². The Kier molecular flexibility index (Phi) is 7.36. The molecule has 152 valence electrons. The lowest BCUT2D eigenvalue weighted by atomic mass is 10.1. The fourth-order valence-corrected chi connectivity index (χ4v) is 2.30. The van der Waals surface area contributed by atoms with Crippen molar-refractivity contribution in [1.29, 1.82) is 0 Å². The molecule has 0 spiro atoms. The molecule has 0 saturated heterocycles. The van der Waals surface area contributed by atoms with Crippen molar-refractivity contribution in [3.8, 4) is 11.5 Å². The van der Waals surface area contributed by atoms with E-state index < -0.39 is 23.8 Å². The summed E-state index contributed by atoms with van der Waals surface area (Å²) >= 11 is 0. The molecule has 2 aromatic carbocycles. The van der Waals surface area contributed by atoms with E-state index in [2.05, 4.69) is 10.6 Å². The summed E-state index contributed by atoms with van der Waals surface area (Å²) in [5, 5.41) is 13.9. The van der Waals surface area contributed by atoms with Crippen molar-refractivity contribution in [2.75, 3.05) is 14.2 Å². The smallest absolute Gasteiger partial charge is 0.325 e. The molecule has 2 aromatic rings. The van der Waals surface area contributed by atoms with Crippen LogP contribution in [0, 0.1) is 0 Å². The molecule has 1 atom stereocenters. The van der Waals surface area contributed by atoms with Gasteiger partial charge in [-0.15, -0.1) is 0 Å². The Labute approximate surface area is 168 Å². The quantitative estimate of drug-likeness (QED) is 0.587. The van der Waals surface area contributed by atoms with Crippen LogP contribution in [-0.2, 0) is 9.59 Å². The summed E-state index contributed by atoms with van der Waals surface area (Å²) in [4.78, 5) is 36.2. The molecular weight excluding hydrogens is 376 g/mol. The number of aliphatic carboxylic acids is 1. The number of carboxylic acids is 1. The molecule has 2 rings (SSSR count). The number of ether oxygens (including phenoxy) is 2. The highest BCUT2D eigenvalue weighted by molar-refractivity contribution is 6.06. The zero-order valence-corrected chi connectivity index (χ0v) is 16.3. The van der Waals surface area contributed by atoms with Gasteiger partial charge in [0.15, 0.2) is 0 Å². The fourth-order valence-electron chi connectivity index (χ4n) is 2.30. The van der Waals surface area contributed by atoms with E-state index in [0.29, 0.717) is 22.6 Å². The van der Waals surface area contributed by atoms with Crippen LogP contribution in [0.1, 0.15) is 22.8 Å². The molecular formula is C21H22N2O6. The van der Waals surface area contributed by atoms with Gasteiger partial charge in [-0.25, -0.2) is 0 Å². The summed E-state index contributed by atoms with van der Waals surface area (Å²) in [7, 11) is 3.05. The van der Waals surface area contributed by atoms with Gasteiger partial charge in [-0.1, -0.05) is 12.1 Å². The number of carbonyl (C=O) groups excluding carboxylic acids is 2. The van der Waals surface area contributed by atoms with Crippen LogP contribution in [0.3, 0.4) is 0 Å². The largest absolute Gasteiger partial charge is 0.497 e. The van der Waals surface area contributed by atoms with Gasteiger partial charge in [0.05, 0.1) is 14.2 Å². The summed E-state index contributed by atoms with van der Waals surface area (Å²) in [5.74, 6) is -1.22. The van der Waals surface area contributed by atoms with Gasteiger partial charge in [0.1, 0.15) is 23.2 Å². The monoisotopic (exact) mass is 398 g/mol. The van der Waals surface area contributed by atoms with Crippen molar-refractivity contribution in [3.63, 3.8) is 0 Å². The van der Waals surface area contributed by atoms with Crippen LogP contribution in [0.25, 0.3) is 6.08 Å². The van der Waals surface area contributed by atoms with Gasteiger partial charge in [-0.05, 0) is 55.0 Å². The lowest BCUT2D eigenvalue weighted by Crippen LogP contribution is -2.42. The highest BCUT2D eigenvalue weighted by atomic mass is 16.5. The predicted molar refractivity (Wildman–Crippen MR) is 107 cm³/mol. The van der Waals surface area contributed by atoms with E-state index in [1.807, 2.05) is 0 Å². The minimum absolute atomic E-state index is 0.0934. The summed E-state index contributed by atoms with van der Waals surface area (Å²) < 4.78 is 10.2. The van der Waals surface area contributed by atoms with Crippen molar-refractivity contribution >= 4 is 23.9 Å². The van der Waals surface area contributed by atoms with Crippen molar-refractivity contribution < 1.29 is 29.0 Å². The van der Waals surface area contributed by atoms with Crippen LogP contribution < -0.4 is 20.1 Å². The molecule has 0 aliphatic carbocycles. The molecule has 0 saturated carbocycles. The van der Waals surface area contributed by atoms with Crippen LogP contribution in [0.15, 0.2) is 54.2 Å². The third-order valence-corrected chi connectivity index (χ3v) is 3.99. The summed E-state index contributed by atoms with van der Waals surface area (Å²) in [6, 6.07) is 12.0. The Morgan fingerprint density at radius 2 is 1.45 bits per heavy atom. The van der Waals surface area contributed by atoms with E-state index in [4.69, 9.17) is 14.6 Å². The molecule has 8 heteroatoms. The molecule has 29 heavy (non-hydrogen) atoms. The minimum Gasteiger partial charge on any atom is -0.497 e. The van der Waals surface area contributed by atoms with Crippen LogP contribution in [0.2, 0.25) is 0 Å². The molecule has 2 amide bonds. The second-order valence-corrected chi connectivity index (χ2v) is 6.05. The van der Waals surface area contributed by atoms with E-state index in [-0.39, 0.29) is 5.70 Å². The highest BCUT2D eigenvalue weighted by Gasteiger charge is 2.19. The third-order valence-electron chi connectivity index (χ3n) is 3.99. The van der Waals surface area contributed by atoms with Gasteiger partial charge in [-0.2, -0.15) is 0 Å². The number of rotatable bonds is 8. The Morgan fingerprint density at radius 1 is 0.931 bits per heavy atom. The van der Waals surface area contributed by atoms with Crippen LogP contribution >= 0.6 is 0 Å². The van der Waals surface area contributed by atoms with Gasteiger partial charge in [0, 0.05) is 5.56 Å². The number of benzene rings is 2. The number of hydrogen-bond donors (Lipinski definition) is 3. The normalized spacial score (nSPS) is 11.9. The molecule has 0 fully saturated rings. The molecule has 0 bridgehead atoms. The maximum Gasteiger partial charge on any atom is 0.325 e. The lowest BCUT2D eigenvalue weighted by Gasteiger charge is -2.14. The predicted octanol–water partition coefficient (Wildman–Crippen LogP) is 2.06. The number of carbonyl (C=O) groups is 3. The Morgan fingerprint density at radius 3 is 1.93 bits per heavy atom. The molecule has 0 aliphatic rings. The second-order valence-electron chi connectivity index (χ2n) is 6.05. The fraction of sp³-hybridized carbons (Fsp3) is 0.190. The maximum atomic E-state index is 12.6. The van der Waals surface area contributed by atoms with Gasteiger partial charge >= 0.3 is 5.97 Å². The van der Waals surface area contributed by atoms with E-state index in [9.17, 15) is 14.4 Å². The molecule has 0 heterocycles. The average Bonchev–Trinajstić information content (AvgIpc) is 2.73. The van der Waals surface area contributed by atoms with Gasteiger partial charge < -0.3 is 25.2 Å². The third kappa shape index (κ3) is 6.10. The topological polar surface area (TPSA) is 114 Å². The molecule has 0 radical (unpaired) electrons. The number of amides is 2.